The molecule has 35 heavy (non-hydrogen) atoms. The number of hydrogen-bond acceptors (Lipinski definition) is 5. The zero-order valence-corrected chi connectivity index (χ0v) is 18.4. The average Bonchev–Trinajstić information content (AvgIpc) is 3.65. The number of halogens is 4. The van der Waals surface area contributed by atoms with Crippen LogP contribution in [-0.4, -0.2) is 33.0 Å². The molecule has 0 bridgehead atoms. The van der Waals surface area contributed by atoms with E-state index < -0.39 is 23.3 Å². The van der Waals surface area contributed by atoms with Crippen LogP contribution in [0.4, 0.5) is 23.2 Å². The number of hydrogen-bond donors (Lipinski definition) is 0. The molecule has 1 saturated heterocycles. The highest BCUT2D eigenvalue weighted by Gasteiger charge is 2.41. The third kappa shape index (κ3) is 4.00. The second kappa shape index (κ2) is 8.41. The average molecular weight is 477 g/mol. The minimum Gasteiger partial charge on any atom is -0.368 e. The summed E-state index contributed by atoms with van der Waals surface area (Å²) in [6, 6.07) is 8.44. The number of nitrogens with zero attached hydrogens (tertiary/aromatic N) is 5. The molecule has 176 valence electrons. The van der Waals surface area contributed by atoms with Crippen molar-refractivity contribution in [2.45, 2.75) is 24.2 Å². The van der Waals surface area contributed by atoms with Crippen LogP contribution >= 0.6 is 0 Å². The van der Waals surface area contributed by atoms with Crippen LogP contribution < -0.4 is 4.90 Å². The van der Waals surface area contributed by atoms with Crippen LogP contribution in [0.1, 0.15) is 40.9 Å². The maximum Gasteiger partial charge on any atom is 0.197 e. The first-order valence-electron chi connectivity index (χ1n) is 11.3. The van der Waals surface area contributed by atoms with Crippen LogP contribution in [0.15, 0.2) is 61.2 Å². The van der Waals surface area contributed by atoms with Crippen molar-refractivity contribution in [3.8, 4) is 11.6 Å². The van der Waals surface area contributed by atoms with E-state index >= 15 is 0 Å². The van der Waals surface area contributed by atoms with E-state index in [0.29, 0.717) is 30.3 Å². The predicted molar refractivity (Wildman–Crippen MR) is 121 cm³/mol. The Morgan fingerprint density at radius 3 is 2.06 bits per heavy atom. The monoisotopic (exact) mass is 477 g/mol. The zero-order valence-electron chi connectivity index (χ0n) is 18.4. The van der Waals surface area contributed by atoms with E-state index in [-0.39, 0.29) is 23.4 Å². The lowest BCUT2D eigenvalue weighted by atomic mass is 9.90. The predicted octanol–water partition coefficient (Wildman–Crippen LogP) is 5.36. The fourth-order valence-corrected chi connectivity index (χ4v) is 4.68. The van der Waals surface area contributed by atoms with Crippen LogP contribution in [0.2, 0.25) is 0 Å². The Bertz CT molecular complexity index is 1390. The summed E-state index contributed by atoms with van der Waals surface area (Å²) >= 11 is 0. The lowest BCUT2D eigenvalue weighted by molar-refractivity contribution is 0.471. The fourth-order valence-electron chi connectivity index (χ4n) is 4.68. The van der Waals surface area contributed by atoms with Gasteiger partial charge >= 0.3 is 0 Å². The van der Waals surface area contributed by atoms with Gasteiger partial charge < -0.3 is 4.90 Å². The lowest BCUT2D eigenvalue weighted by Gasteiger charge is -2.41. The van der Waals surface area contributed by atoms with Crippen LogP contribution in [0.3, 0.4) is 0 Å². The molecule has 2 atom stereocenters. The van der Waals surface area contributed by atoms with E-state index in [1.165, 1.54) is 12.1 Å². The summed E-state index contributed by atoms with van der Waals surface area (Å²) < 4.78 is 55.9. The summed E-state index contributed by atoms with van der Waals surface area (Å²) in [7, 11) is 0. The summed E-state index contributed by atoms with van der Waals surface area (Å²) in [5.74, 6) is -2.67. The highest BCUT2D eigenvalue weighted by molar-refractivity contribution is 5.56. The van der Waals surface area contributed by atoms with E-state index in [1.54, 1.807) is 41.8 Å². The molecular weight excluding hydrogens is 458 g/mol. The lowest BCUT2D eigenvalue weighted by Crippen LogP contribution is -2.45. The van der Waals surface area contributed by atoms with Gasteiger partial charge in [-0.15, -0.1) is 0 Å². The molecule has 0 N–H and O–H groups in total. The topological polar surface area (TPSA) is 54.8 Å². The molecule has 2 aromatic heterocycles. The first kappa shape index (κ1) is 21.6. The summed E-state index contributed by atoms with van der Waals surface area (Å²) in [5, 5.41) is 0. The minimum absolute atomic E-state index is 0.0366. The highest BCUT2D eigenvalue weighted by Crippen LogP contribution is 2.55. The molecule has 5 nitrogen and oxygen atoms in total. The van der Waals surface area contributed by atoms with Crippen molar-refractivity contribution >= 4 is 5.69 Å². The largest absolute Gasteiger partial charge is 0.368 e. The molecule has 1 aliphatic carbocycles. The van der Waals surface area contributed by atoms with Crippen molar-refractivity contribution in [3.05, 3.63) is 101 Å². The Labute approximate surface area is 198 Å². The van der Waals surface area contributed by atoms with Crippen LogP contribution in [-0.2, 0) is 0 Å². The fraction of sp³-hybridized carbons (Fsp3) is 0.231. The van der Waals surface area contributed by atoms with Gasteiger partial charge in [-0.1, -0.05) is 6.07 Å². The standard InChI is InChI=1S/C26H19F4N5/c27-20-3-2-14(6-21(20)28)17-12-35(13-17)23-8-15(7-22(29)24(23)30)18-9-19(18)16-10-33-26(34-11-16)25-31-4-1-5-32-25/h1-8,10-11,17-19H,9,12-13H2/t18-,19-/m0/s1. The molecule has 1 saturated carbocycles. The van der Waals surface area contributed by atoms with Gasteiger partial charge in [0.05, 0.1) is 5.69 Å². The maximum atomic E-state index is 14.7. The molecule has 2 aromatic carbocycles. The minimum atomic E-state index is -0.909. The number of aromatic nitrogens is 4. The van der Waals surface area contributed by atoms with Gasteiger partial charge in [0.25, 0.3) is 0 Å². The van der Waals surface area contributed by atoms with E-state index in [1.807, 2.05) is 0 Å². The molecule has 2 aliphatic rings. The van der Waals surface area contributed by atoms with E-state index in [4.69, 9.17) is 0 Å². The highest BCUT2D eigenvalue weighted by atomic mass is 19.2. The molecule has 2 fully saturated rings. The molecule has 3 heterocycles. The van der Waals surface area contributed by atoms with Gasteiger partial charge in [0.15, 0.2) is 34.9 Å². The Hall–Kier alpha value is -3.88. The second-order valence-electron chi connectivity index (χ2n) is 8.97. The van der Waals surface area contributed by atoms with E-state index in [0.717, 1.165) is 29.7 Å². The Kier molecular flexibility index (Phi) is 5.20. The molecule has 9 heteroatoms. The maximum absolute atomic E-state index is 14.7. The molecule has 0 unspecified atom stereocenters. The Morgan fingerprint density at radius 1 is 0.686 bits per heavy atom. The zero-order chi connectivity index (χ0) is 24.1. The first-order valence-corrected chi connectivity index (χ1v) is 11.3. The summed E-state index contributed by atoms with van der Waals surface area (Å²) in [6.45, 7) is 0.797. The number of benzene rings is 2. The second-order valence-corrected chi connectivity index (χ2v) is 8.97. The summed E-state index contributed by atoms with van der Waals surface area (Å²) in [6.07, 6.45) is 7.48. The Morgan fingerprint density at radius 2 is 1.34 bits per heavy atom. The van der Waals surface area contributed by atoms with Gasteiger partial charge in [0.2, 0.25) is 0 Å². The van der Waals surface area contributed by atoms with Crippen LogP contribution in [0.5, 0.6) is 0 Å². The molecule has 0 amide bonds. The molecule has 6 rings (SSSR count). The molecule has 4 aromatic rings. The van der Waals surface area contributed by atoms with E-state index in [2.05, 4.69) is 19.9 Å². The van der Waals surface area contributed by atoms with Crippen molar-refractivity contribution in [1.82, 2.24) is 19.9 Å². The van der Waals surface area contributed by atoms with Gasteiger partial charge in [0, 0.05) is 43.8 Å². The van der Waals surface area contributed by atoms with Gasteiger partial charge in [-0.05, 0) is 65.3 Å². The molecule has 0 spiro atoms. The van der Waals surface area contributed by atoms with Crippen molar-refractivity contribution in [3.63, 3.8) is 0 Å². The SMILES string of the molecule is Fc1ccc(C2CN(c3cc([C@@H]4C[C@H]4c4cnc(-c5ncccn5)nc4)cc(F)c3F)C2)cc1F. The van der Waals surface area contributed by atoms with Crippen LogP contribution in [0, 0.1) is 23.3 Å². The normalized spacial score (nSPS) is 19.5. The van der Waals surface area contributed by atoms with Gasteiger partial charge in [-0.25, -0.2) is 37.5 Å². The number of anilines is 1. The van der Waals surface area contributed by atoms with Gasteiger partial charge in [0.1, 0.15) is 0 Å². The third-order valence-corrected chi connectivity index (χ3v) is 6.75. The van der Waals surface area contributed by atoms with Crippen molar-refractivity contribution in [2.75, 3.05) is 18.0 Å². The third-order valence-electron chi connectivity index (χ3n) is 6.75. The first-order chi connectivity index (χ1) is 17.0. The van der Waals surface area contributed by atoms with Gasteiger partial charge in [-0.3, -0.25) is 0 Å². The molecule has 0 radical (unpaired) electrons. The summed E-state index contributed by atoms with van der Waals surface area (Å²) in [5.41, 5.74) is 2.47. The molecule has 1 aliphatic heterocycles. The van der Waals surface area contributed by atoms with Crippen molar-refractivity contribution in [1.29, 1.82) is 0 Å². The molecular formula is C26H19F4N5. The van der Waals surface area contributed by atoms with Gasteiger partial charge in [-0.2, -0.15) is 0 Å². The Balaban J connectivity index is 1.17. The quantitative estimate of drug-likeness (QED) is 0.362. The number of rotatable bonds is 5. The van der Waals surface area contributed by atoms with Crippen molar-refractivity contribution < 1.29 is 17.6 Å². The smallest absolute Gasteiger partial charge is 0.197 e. The van der Waals surface area contributed by atoms with E-state index in [9.17, 15) is 17.6 Å². The summed E-state index contributed by atoms with van der Waals surface area (Å²) in [4.78, 5) is 18.7. The van der Waals surface area contributed by atoms with Crippen molar-refractivity contribution in [2.24, 2.45) is 0 Å². The van der Waals surface area contributed by atoms with Crippen LogP contribution in [0.25, 0.3) is 11.6 Å².